The van der Waals surface area contributed by atoms with Gasteiger partial charge < -0.3 is 9.26 Å². The van der Waals surface area contributed by atoms with Crippen LogP contribution in [0.15, 0.2) is 53.1 Å². The van der Waals surface area contributed by atoms with Crippen LogP contribution in [0.2, 0.25) is 0 Å². The van der Waals surface area contributed by atoms with E-state index in [1.165, 1.54) is 0 Å². The van der Waals surface area contributed by atoms with Crippen LogP contribution in [0.3, 0.4) is 0 Å². The number of rotatable bonds is 5. The van der Waals surface area contributed by atoms with Gasteiger partial charge in [-0.05, 0) is 26.3 Å². The molecule has 0 bridgehead atoms. The lowest BCUT2D eigenvalue weighted by Gasteiger charge is -2.05. The van der Waals surface area contributed by atoms with Gasteiger partial charge in [-0.15, -0.1) is 0 Å². The molecule has 3 aromatic rings. The highest BCUT2D eigenvalue weighted by Gasteiger charge is 2.28. The minimum Gasteiger partial charge on any atom is -0.461 e. The van der Waals surface area contributed by atoms with E-state index in [1.807, 2.05) is 50.2 Å². The van der Waals surface area contributed by atoms with E-state index in [2.05, 4.69) is 5.16 Å². The minimum absolute atomic E-state index is 0.00571. The highest BCUT2D eigenvalue weighted by molar-refractivity contribution is 6.13. The fourth-order valence-corrected chi connectivity index (χ4v) is 2.61. The van der Waals surface area contributed by atoms with Crippen molar-refractivity contribution in [2.24, 2.45) is 0 Å². The molecule has 0 radical (unpaired) electrons. The van der Waals surface area contributed by atoms with E-state index in [1.54, 1.807) is 19.1 Å². The number of esters is 1. The summed E-state index contributed by atoms with van der Waals surface area (Å²) in [5.41, 5.74) is 3.62. The molecule has 5 nitrogen and oxygen atoms in total. The molecule has 0 N–H and O–H groups in total. The summed E-state index contributed by atoms with van der Waals surface area (Å²) in [6.45, 7) is 5.82. The number of carbonyl (C=O) groups excluding carboxylic acids is 2. The van der Waals surface area contributed by atoms with E-state index in [9.17, 15) is 9.59 Å². The normalized spacial score (nSPS) is 10.6. The van der Waals surface area contributed by atoms with Crippen molar-refractivity contribution in [1.29, 1.82) is 0 Å². The molecule has 132 valence electrons. The van der Waals surface area contributed by atoms with Crippen molar-refractivity contribution in [3.63, 3.8) is 0 Å². The van der Waals surface area contributed by atoms with Crippen molar-refractivity contribution in [3.8, 4) is 11.1 Å². The maximum Gasteiger partial charge on any atom is 0.361 e. The second-order valence-electron chi connectivity index (χ2n) is 6.02. The first-order chi connectivity index (χ1) is 12.5. The van der Waals surface area contributed by atoms with Crippen molar-refractivity contribution in [2.75, 3.05) is 6.61 Å². The predicted octanol–water partition coefficient (Wildman–Crippen LogP) is 4.37. The molecule has 2 aromatic carbocycles. The molecule has 0 amide bonds. The number of ether oxygens (including phenoxy) is 1. The summed E-state index contributed by atoms with van der Waals surface area (Å²) in [6, 6.07) is 14.6. The summed E-state index contributed by atoms with van der Waals surface area (Å²) in [7, 11) is 0. The van der Waals surface area contributed by atoms with E-state index >= 15 is 0 Å². The second kappa shape index (κ2) is 7.35. The standard InChI is InChI=1S/C21H19NO4/c1-4-25-21(24)18-17(15-9-5-13(2)6-10-15)20(26-22-18)19(23)16-11-7-14(3)8-12-16/h5-12H,4H2,1-3H3. The molecule has 5 heteroatoms. The fraction of sp³-hybridized carbons (Fsp3) is 0.190. The Hall–Kier alpha value is -3.21. The third-order valence-electron chi connectivity index (χ3n) is 4.02. The van der Waals surface area contributed by atoms with Gasteiger partial charge in [0.2, 0.25) is 11.5 Å². The number of carbonyl (C=O) groups is 2. The molecule has 3 rings (SSSR count). The van der Waals surface area contributed by atoms with E-state index in [-0.39, 0.29) is 23.8 Å². The Morgan fingerprint density at radius 1 is 0.962 bits per heavy atom. The molecule has 26 heavy (non-hydrogen) atoms. The van der Waals surface area contributed by atoms with Gasteiger partial charge in [-0.25, -0.2) is 4.79 Å². The van der Waals surface area contributed by atoms with Crippen LogP contribution in [0.25, 0.3) is 11.1 Å². The molecule has 0 aliphatic heterocycles. The lowest BCUT2D eigenvalue weighted by Crippen LogP contribution is -2.08. The number of ketones is 1. The molecule has 1 heterocycles. The number of aryl methyl sites for hydroxylation is 2. The van der Waals surface area contributed by atoms with Gasteiger partial charge in [0.1, 0.15) is 0 Å². The zero-order chi connectivity index (χ0) is 18.7. The summed E-state index contributed by atoms with van der Waals surface area (Å²) in [4.78, 5) is 25.2. The molecular formula is C21H19NO4. The summed E-state index contributed by atoms with van der Waals surface area (Å²) < 4.78 is 10.3. The van der Waals surface area contributed by atoms with Crippen LogP contribution in [0.5, 0.6) is 0 Å². The van der Waals surface area contributed by atoms with Gasteiger partial charge in [0.05, 0.1) is 12.2 Å². The van der Waals surface area contributed by atoms with Crippen molar-refractivity contribution in [1.82, 2.24) is 5.16 Å². The van der Waals surface area contributed by atoms with Crippen LogP contribution in [0.1, 0.15) is 44.7 Å². The van der Waals surface area contributed by atoms with Crippen molar-refractivity contribution in [3.05, 3.63) is 76.7 Å². The van der Waals surface area contributed by atoms with E-state index < -0.39 is 5.97 Å². The van der Waals surface area contributed by atoms with E-state index in [0.717, 1.165) is 11.1 Å². The third kappa shape index (κ3) is 3.42. The van der Waals surface area contributed by atoms with Gasteiger partial charge in [0.15, 0.2) is 5.69 Å². The second-order valence-corrected chi connectivity index (χ2v) is 6.02. The lowest BCUT2D eigenvalue weighted by atomic mass is 9.97. The average Bonchev–Trinajstić information content (AvgIpc) is 3.08. The number of hydrogen-bond acceptors (Lipinski definition) is 5. The Bertz CT molecular complexity index is 937. The zero-order valence-electron chi connectivity index (χ0n) is 14.9. The Morgan fingerprint density at radius 3 is 2.12 bits per heavy atom. The molecule has 0 aliphatic rings. The van der Waals surface area contributed by atoms with Gasteiger partial charge in [0, 0.05) is 5.56 Å². The van der Waals surface area contributed by atoms with Crippen molar-refractivity contribution < 1.29 is 18.8 Å². The van der Waals surface area contributed by atoms with Gasteiger partial charge in [-0.1, -0.05) is 64.8 Å². The first-order valence-electron chi connectivity index (χ1n) is 8.36. The maximum atomic E-state index is 12.9. The van der Waals surface area contributed by atoms with Gasteiger partial charge in [0.25, 0.3) is 0 Å². The summed E-state index contributed by atoms with van der Waals surface area (Å²) in [6.07, 6.45) is 0. The number of nitrogens with zero attached hydrogens (tertiary/aromatic N) is 1. The third-order valence-corrected chi connectivity index (χ3v) is 4.02. The fourth-order valence-electron chi connectivity index (χ4n) is 2.61. The molecule has 1 aromatic heterocycles. The van der Waals surface area contributed by atoms with Crippen LogP contribution in [0.4, 0.5) is 0 Å². The summed E-state index contributed by atoms with van der Waals surface area (Å²) >= 11 is 0. The number of benzene rings is 2. The average molecular weight is 349 g/mol. The molecule has 0 saturated heterocycles. The predicted molar refractivity (Wildman–Crippen MR) is 97.2 cm³/mol. The number of aromatic nitrogens is 1. The molecule has 0 spiro atoms. The highest BCUT2D eigenvalue weighted by Crippen LogP contribution is 2.30. The highest BCUT2D eigenvalue weighted by atomic mass is 16.5. The largest absolute Gasteiger partial charge is 0.461 e. The lowest BCUT2D eigenvalue weighted by molar-refractivity contribution is 0.0515. The van der Waals surface area contributed by atoms with Crippen LogP contribution in [-0.4, -0.2) is 23.5 Å². The SMILES string of the molecule is CCOC(=O)c1noc(C(=O)c2ccc(C)cc2)c1-c1ccc(C)cc1. The van der Waals surface area contributed by atoms with E-state index in [4.69, 9.17) is 9.26 Å². The topological polar surface area (TPSA) is 69.4 Å². The maximum absolute atomic E-state index is 12.9. The minimum atomic E-state index is -0.616. The first kappa shape index (κ1) is 17.6. The van der Waals surface area contributed by atoms with Gasteiger partial charge in [-0.3, -0.25) is 4.79 Å². The summed E-state index contributed by atoms with van der Waals surface area (Å²) in [5, 5.41) is 3.83. The van der Waals surface area contributed by atoms with Crippen LogP contribution in [-0.2, 0) is 4.74 Å². The summed E-state index contributed by atoms with van der Waals surface area (Å²) in [5.74, 6) is -0.917. The molecule has 0 fully saturated rings. The Balaban J connectivity index is 2.13. The quantitative estimate of drug-likeness (QED) is 0.505. The van der Waals surface area contributed by atoms with Crippen molar-refractivity contribution >= 4 is 11.8 Å². The smallest absolute Gasteiger partial charge is 0.361 e. The van der Waals surface area contributed by atoms with Gasteiger partial charge in [-0.2, -0.15) is 0 Å². The molecule has 0 aliphatic carbocycles. The van der Waals surface area contributed by atoms with Crippen molar-refractivity contribution in [2.45, 2.75) is 20.8 Å². The number of hydrogen-bond donors (Lipinski definition) is 0. The van der Waals surface area contributed by atoms with Crippen LogP contribution >= 0.6 is 0 Å². The van der Waals surface area contributed by atoms with E-state index in [0.29, 0.717) is 16.7 Å². The molecule has 0 unspecified atom stereocenters. The first-order valence-corrected chi connectivity index (χ1v) is 8.36. The van der Waals surface area contributed by atoms with Crippen LogP contribution < -0.4 is 0 Å². The van der Waals surface area contributed by atoms with Gasteiger partial charge >= 0.3 is 5.97 Å². The monoisotopic (exact) mass is 349 g/mol. The zero-order valence-corrected chi connectivity index (χ0v) is 14.9. The Labute approximate surface area is 151 Å². The Kier molecular flexibility index (Phi) is 4.98. The molecule has 0 saturated carbocycles. The molecule has 0 atom stereocenters. The molecular weight excluding hydrogens is 330 g/mol. The van der Waals surface area contributed by atoms with Crippen LogP contribution in [0, 0.1) is 13.8 Å². The Morgan fingerprint density at radius 2 is 1.54 bits per heavy atom.